The van der Waals surface area contributed by atoms with Crippen LogP contribution in [0, 0.1) is 27.7 Å². The number of rotatable bonds is 5. The normalized spacial score (nSPS) is 14.1. The molecule has 61 heavy (non-hydrogen) atoms. The Kier molecular flexibility index (Phi) is 17.5. The molecule has 6 aromatic rings. The van der Waals surface area contributed by atoms with Crippen LogP contribution in [0.2, 0.25) is 0 Å². The zero-order valence-electron chi connectivity index (χ0n) is 36.9. The molecule has 3 nitrogen and oxygen atoms in total. The minimum atomic E-state index is -6.00. The Labute approximate surface area is 375 Å². The Balaban J connectivity index is 0.000000504. The zero-order chi connectivity index (χ0) is 43.8. The molecule has 0 amide bonds. The van der Waals surface area contributed by atoms with Crippen LogP contribution >= 0.6 is 16.2 Å². The second-order valence-electron chi connectivity index (χ2n) is 17.2. The van der Waals surface area contributed by atoms with Gasteiger partial charge in [-0.15, -0.1) is 0 Å². The molecule has 0 unspecified atom stereocenters. The molecule has 1 radical (unpaired) electrons. The topological polar surface area (TPSA) is 35.5 Å². The van der Waals surface area contributed by atoms with E-state index in [0.717, 1.165) is 44.1 Å². The van der Waals surface area contributed by atoms with Gasteiger partial charge >= 0.3 is 15.5 Å². The van der Waals surface area contributed by atoms with Crippen LogP contribution in [0.25, 0.3) is 21.9 Å². The molecule has 0 saturated heterocycles. The monoisotopic (exact) mass is 958 g/mol. The second kappa shape index (κ2) is 21.5. The maximum atomic E-state index is 9.75. The van der Waals surface area contributed by atoms with Crippen molar-refractivity contribution in [3.8, 4) is 5.75 Å². The zero-order valence-corrected chi connectivity index (χ0v) is 40.3. The van der Waals surface area contributed by atoms with Crippen LogP contribution in [0.15, 0.2) is 130 Å². The number of hydrogen-bond acceptors (Lipinski definition) is 3. The summed E-state index contributed by atoms with van der Waals surface area (Å²) in [6.45, 7) is 22.3. The molecule has 5 aromatic carbocycles. The molecule has 1 aliphatic carbocycles. The van der Waals surface area contributed by atoms with Crippen LogP contribution in [-0.4, -0.2) is 7.25 Å². The summed E-state index contributed by atoms with van der Waals surface area (Å²) >= 11 is 0. The van der Waals surface area contributed by atoms with Crippen molar-refractivity contribution in [3.05, 3.63) is 155 Å². The number of allylic oxidation sites excluding steroid dienone is 4. The molecule has 7 rings (SSSR count). The van der Waals surface area contributed by atoms with Gasteiger partial charge in [-0.1, -0.05) is 157 Å². The molecule has 0 N–H and O–H groups in total. The summed E-state index contributed by atoms with van der Waals surface area (Å²) in [5.41, 5.74) is 8.63. The first-order chi connectivity index (χ1) is 28.3. The Hall–Kier alpha value is -3.88. The molecular formula is C50H58BF4O3P2Rh-. The largest absolute Gasteiger partial charge is 0.673 e. The van der Waals surface area contributed by atoms with Gasteiger partial charge in [0.05, 0.1) is 0 Å². The summed E-state index contributed by atoms with van der Waals surface area (Å²) in [6, 6.07) is 34.4. The molecule has 327 valence electrons. The minimum absolute atomic E-state index is 0. The molecule has 11 heteroatoms. The van der Waals surface area contributed by atoms with Gasteiger partial charge < -0.3 is 30.2 Å². The molecule has 1 heterocycles. The maximum absolute atomic E-state index is 9.75. The van der Waals surface area contributed by atoms with E-state index in [1.165, 1.54) is 58.5 Å². The van der Waals surface area contributed by atoms with Crippen LogP contribution in [0.3, 0.4) is 0 Å². The number of benzene rings is 5. The summed E-state index contributed by atoms with van der Waals surface area (Å²) in [5.74, 6) is 0.782. The SMILES string of the molecule is C1=C\CC/C=C\CC/1.Cc1cc(C(C)(C)C)c2op(Oc3ccccc3P(c3ccccc3)c3ccccc3)oc3c(C(C)(C)C)cc(C)c(C)c3c2c1C.F[B-](F)(F)F.[Rh]. The smallest absolute Gasteiger partial charge is 0.418 e. The molecule has 1 aliphatic rings. The Morgan fingerprint density at radius 3 is 1.26 bits per heavy atom. The summed E-state index contributed by atoms with van der Waals surface area (Å²) in [4.78, 5) is 0. The maximum Gasteiger partial charge on any atom is 0.673 e. The number of fused-ring (bicyclic) bond motifs is 3. The Morgan fingerprint density at radius 1 is 0.557 bits per heavy atom. The first-order valence-corrected chi connectivity index (χ1v) is 23.0. The van der Waals surface area contributed by atoms with Gasteiger partial charge in [0, 0.05) is 46.7 Å². The van der Waals surface area contributed by atoms with Gasteiger partial charge in [-0.3, -0.25) is 0 Å². The van der Waals surface area contributed by atoms with E-state index in [1.54, 1.807) is 0 Å². The first-order valence-electron chi connectivity index (χ1n) is 20.6. The number of para-hydroxylation sites is 1. The summed E-state index contributed by atoms with van der Waals surface area (Å²) in [7, 11) is -8.79. The average Bonchev–Trinajstić information content (AvgIpc) is 3.32. The van der Waals surface area contributed by atoms with Gasteiger partial charge in [-0.2, -0.15) is 0 Å². The van der Waals surface area contributed by atoms with Crippen molar-refractivity contribution in [1.29, 1.82) is 0 Å². The molecule has 0 atom stereocenters. The second-order valence-corrected chi connectivity index (χ2v) is 20.4. The fraction of sp³-hybridized carbons (Fsp3) is 0.320. The predicted octanol–water partition coefficient (Wildman–Crippen LogP) is 15.7. The van der Waals surface area contributed by atoms with Crippen molar-refractivity contribution in [2.75, 3.05) is 0 Å². The molecule has 0 fully saturated rings. The van der Waals surface area contributed by atoms with E-state index in [9.17, 15) is 17.3 Å². The number of aryl methyl sites for hydroxylation is 4. The van der Waals surface area contributed by atoms with Gasteiger partial charge in [0.1, 0.15) is 16.9 Å². The van der Waals surface area contributed by atoms with Crippen LogP contribution in [-0.2, 0) is 30.3 Å². The third-order valence-corrected chi connectivity index (χ3v) is 13.9. The number of hydrogen-bond donors (Lipinski definition) is 0. The molecule has 0 saturated carbocycles. The molecule has 1 aromatic heterocycles. The van der Waals surface area contributed by atoms with E-state index >= 15 is 0 Å². The Bertz CT molecular complexity index is 2330. The molecule has 0 bridgehead atoms. The average molecular weight is 959 g/mol. The fourth-order valence-electron chi connectivity index (χ4n) is 7.13. The molecular weight excluding hydrogens is 900 g/mol. The molecule has 0 spiro atoms. The van der Waals surface area contributed by atoms with Crippen LogP contribution < -0.4 is 20.4 Å². The Morgan fingerprint density at radius 2 is 0.902 bits per heavy atom. The van der Waals surface area contributed by atoms with Crippen molar-refractivity contribution >= 4 is 61.3 Å². The summed E-state index contributed by atoms with van der Waals surface area (Å²) in [5, 5.41) is 5.89. The van der Waals surface area contributed by atoms with E-state index in [2.05, 4.69) is 185 Å². The molecule has 0 aliphatic heterocycles. The predicted molar refractivity (Wildman–Crippen MR) is 251 cm³/mol. The quantitative estimate of drug-likeness (QED) is 0.0747. The van der Waals surface area contributed by atoms with Crippen molar-refractivity contribution < 1.29 is 49.7 Å². The third kappa shape index (κ3) is 13.3. The van der Waals surface area contributed by atoms with Crippen molar-refractivity contribution in [1.82, 2.24) is 0 Å². The van der Waals surface area contributed by atoms with Crippen LogP contribution in [0.4, 0.5) is 17.3 Å². The minimum Gasteiger partial charge on any atom is -0.418 e. The van der Waals surface area contributed by atoms with Gasteiger partial charge in [0.2, 0.25) is 0 Å². The summed E-state index contributed by atoms with van der Waals surface area (Å²) in [6.07, 6.45) is 14.0. The van der Waals surface area contributed by atoms with Gasteiger partial charge in [-0.25, -0.2) is 0 Å². The first kappa shape index (κ1) is 49.8. The van der Waals surface area contributed by atoms with Crippen molar-refractivity contribution in [2.24, 2.45) is 0 Å². The van der Waals surface area contributed by atoms with E-state index in [-0.39, 0.29) is 30.3 Å². The van der Waals surface area contributed by atoms with Gasteiger partial charge in [0.15, 0.2) is 0 Å². The van der Waals surface area contributed by atoms with E-state index in [1.807, 2.05) is 6.07 Å². The van der Waals surface area contributed by atoms with Crippen molar-refractivity contribution in [3.63, 3.8) is 0 Å². The van der Waals surface area contributed by atoms with Crippen LogP contribution in [0.1, 0.15) is 101 Å². The van der Waals surface area contributed by atoms with Gasteiger partial charge in [0.25, 0.3) is 0 Å². The van der Waals surface area contributed by atoms with E-state index < -0.39 is 23.4 Å². The van der Waals surface area contributed by atoms with Crippen LogP contribution in [0.5, 0.6) is 5.75 Å². The third-order valence-electron chi connectivity index (χ3n) is 10.4. The van der Waals surface area contributed by atoms with Crippen molar-refractivity contribution in [2.45, 2.75) is 106 Å². The fourth-order valence-corrected chi connectivity index (χ4v) is 10.7. The standard InChI is InChI=1S/C42H46O3P2.C8H12.BF4.Rh/c1-27-25-33(41(5,6)7)39-37(29(27)3)38-30(4)28(2)26-34(42(8,9)10)40(38)45-47(44-39)43-35-23-17-18-24-36(35)46(31-19-13-11-14-20-31)32-21-15-12-16-22-32;1-2-4-6-8-7-5-3-1;2-1(3,4)5;/h11-26H,1-10H3;1-2,7-8H,3-6H2;;/q;;-1;/b;2-1-,8-7-;;. The van der Waals surface area contributed by atoms with Gasteiger partial charge in [-0.05, 0) is 111 Å². The van der Waals surface area contributed by atoms with E-state index in [0.29, 0.717) is 0 Å². The van der Waals surface area contributed by atoms with E-state index in [4.69, 9.17) is 12.9 Å². The summed E-state index contributed by atoms with van der Waals surface area (Å²) < 4.78 is 60.2. The number of halogens is 4.